The van der Waals surface area contributed by atoms with Crippen molar-refractivity contribution >= 4 is 15.7 Å². The van der Waals surface area contributed by atoms with E-state index in [-0.39, 0.29) is 22.1 Å². The molecule has 0 saturated carbocycles. The van der Waals surface area contributed by atoms with Crippen molar-refractivity contribution in [3.8, 4) is 11.5 Å². The van der Waals surface area contributed by atoms with E-state index >= 15 is 0 Å². The van der Waals surface area contributed by atoms with Crippen molar-refractivity contribution < 1.29 is 17.5 Å². The fraction of sp³-hybridized carbons (Fsp3) is 0.0769. The van der Waals surface area contributed by atoms with Gasteiger partial charge >= 0.3 is 0 Å². The number of benzene rings is 2. The maximum absolute atomic E-state index is 13.1. The summed E-state index contributed by atoms with van der Waals surface area (Å²) in [5.41, 5.74) is 5.98. The highest BCUT2D eigenvalue weighted by molar-refractivity contribution is 7.89. The summed E-state index contributed by atoms with van der Waals surface area (Å²) in [6, 6.07) is 9.54. The fourth-order valence-corrected chi connectivity index (χ4v) is 2.29. The molecule has 0 amide bonds. The molecule has 5 nitrogen and oxygen atoms in total. The Labute approximate surface area is 116 Å². The van der Waals surface area contributed by atoms with Crippen LogP contribution in [0.2, 0.25) is 0 Å². The summed E-state index contributed by atoms with van der Waals surface area (Å²) < 4.78 is 44.1. The van der Waals surface area contributed by atoms with Crippen LogP contribution in [0.15, 0.2) is 47.4 Å². The molecule has 106 valence electrons. The van der Waals surface area contributed by atoms with Gasteiger partial charge in [0.05, 0.1) is 10.6 Å². The third-order valence-electron chi connectivity index (χ3n) is 2.59. The Bertz CT molecular complexity index is 732. The third-order valence-corrected chi connectivity index (χ3v) is 4.00. The first-order valence-electron chi connectivity index (χ1n) is 5.69. The van der Waals surface area contributed by atoms with E-state index < -0.39 is 15.8 Å². The van der Waals surface area contributed by atoms with Crippen molar-refractivity contribution in [1.29, 1.82) is 0 Å². The van der Waals surface area contributed by atoms with Crippen LogP contribution in [0.1, 0.15) is 0 Å². The maximum Gasteiger partial charge on any atom is 0.240 e. The molecule has 0 aliphatic rings. The Hall–Kier alpha value is -2.12. The van der Waals surface area contributed by atoms with Crippen molar-refractivity contribution in [2.24, 2.45) is 0 Å². The Morgan fingerprint density at radius 2 is 1.95 bits per heavy atom. The van der Waals surface area contributed by atoms with Crippen molar-refractivity contribution in [2.45, 2.75) is 4.90 Å². The molecule has 0 fully saturated rings. The van der Waals surface area contributed by atoms with Gasteiger partial charge in [-0.05, 0) is 31.3 Å². The van der Waals surface area contributed by atoms with Crippen LogP contribution in [0.5, 0.6) is 11.5 Å². The van der Waals surface area contributed by atoms with Crippen LogP contribution < -0.4 is 15.2 Å². The number of halogens is 1. The number of nitrogen functional groups attached to an aromatic ring is 1. The van der Waals surface area contributed by atoms with E-state index in [1.54, 1.807) is 6.07 Å². The zero-order valence-corrected chi connectivity index (χ0v) is 11.4. The Balaban J connectivity index is 2.39. The number of rotatable bonds is 4. The topological polar surface area (TPSA) is 81.4 Å². The van der Waals surface area contributed by atoms with E-state index in [2.05, 4.69) is 4.72 Å². The molecule has 2 aromatic carbocycles. The summed E-state index contributed by atoms with van der Waals surface area (Å²) in [7, 11) is -2.29. The first kappa shape index (κ1) is 14.3. The van der Waals surface area contributed by atoms with Gasteiger partial charge in [-0.2, -0.15) is 0 Å². The average molecular weight is 296 g/mol. The number of hydrogen-bond acceptors (Lipinski definition) is 4. The second kappa shape index (κ2) is 5.48. The van der Waals surface area contributed by atoms with E-state index in [1.807, 2.05) is 0 Å². The quantitative estimate of drug-likeness (QED) is 0.847. The van der Waals surface area contributed by atoms with Crippen molar-refractivity contribution in [2.75, 3.05) is 12.8 Å². The SMILES string of the molecule is CNS(=O)(=O)c1ccc(N)c(Oc2cccc(F)c2)c1. The zero-order chi connectivity index (χ0) is 14.8. The van der Waals surface area contributed by atoms with E-state index in [0.717, 1.165) is 0 Å². The van der Waals surface area contributed by atoms with E-state index in [9.17, 15) is 12.8 Å². The standard InChI is InChI=1S/C13H13FN2O3S/c1-16-20(17,18)11-5-6-12(15)13(8-11)19-10-4-2-3-9(14)7-10/h2-8,16H,15H2,1H3. The highest BCUT2D eigenvalue weighted by Crippen LogP contribution is 2.30. The number of nitrogens with one attached hydrogen (secondary N) is 1. The van der Waals surface area contributed by atoms with Gasteiger partial charge in [0, 0.05) is 12.1 Å². The lowest BCUT2D eigenvalue weighted by Gasteiger charge is -2.10. The molecule has 0 saturated heterocycles. The number of ether oxygens (including phenoxy) is 1. The molecule has 2 rings (SSSR count). The molecule has 0 radical (unpaired) electrons. The largest absolute Gasteiger partial charge is 0.455 e. The molecule has 0 aliphatic carbocycles. The van der Waals surface area contributed by atoms with Crippen LogP contribution in [0.4, 0.5) is 10.1 Å². The summed E-state index contributed by atoms with van der Waals surface area (Å²) in [6.45, 7) is 0. The minimum absolute atomic E-state index is 0.0144. The Kier molecular flexibility index (Phi) is 3.91. The summed E-state index contributed by atoms with van der Waals surface area (Å²) >= 11 is 0. The summed E-state index contributed by atoms with van der Waals surface area (Å²) in [5.74, 6) is -0.0808. The van der Waals surface area contributed by atoms with Gasteiger partial charge in [0.15, 0.2) is 5.75 Å². The fourth-order valence-electron chi connectivity index (χ4n) is 1.55. The highest BCUT2D eigenvalue weighted by atomic mass is 32.2. The Morgan fingerprint density at radius 3 is 2.60 bits per heavy atom. The molecule has 3 N–H and O–H groups in total. The summed E-state index contributed by atoms with van der Waals surface area (Å²) in [5, 5.41) is 0. The predicted molar refractivity (Wildman–Crippen MR) is 73.6 cm³/mol. The second-order valence-electron chi connectivity index (χ2n) is 3.97. The molecule has 0 aromatic heterocycles. The van der Waals surface area contributed by atoms with E-state index in [4.69, 9.17) is 10.5 Å². The minimum atomic E-state index is -3.60. The minimum Gasteiger partial charge on any atom is -0.455 e. The molecule has 0 unspecified atom stereocenters. The van der Waals surface area contributed by atoms with Crippen molar-refractivity contribution in [3.63, 3.8) is 0 Å². The second-order valence-corrected chi connectivity index (χ2v) is 5.85. The number of hydrogen-bond donors (Lipinski definition) is 2. The van der Waals surface area contributed by atoms with Crippen LogP contribution in [0.3, 0.4) is 0 Å². The third kappa shape index (κ3) is 3.06. The van der Waals surface area contributed by atoms with Crippen molar-refractivity contribution in [3.05, 3.63) is 48.3 Å². The normalized spacial score (nSPS) is 11.3. The van der Waals surface area contributed by atoms with Gasteiger partial charge in [0.2, 0.25) is 10.0 Å². The first-order chi connectivity index (χ1) is 9.42. The van der Waals surface area contributed by atoms with Crippen LogP contribution in [0.25, 0.3) is 0 Å². The van der Waals surface area contributed by atoms with Crippen molar-refractivity contribution in [1.82, 2.24) is 4.72 Å². The molecule has 0 bridgehead atoms. The lowest BCUT2D eigenvalue weighted by Crippen LogP contribution is -2.18. The summed E-state index contributed by atoms with van der Waals surface area (Å²) in [6.07, 6.45) is 0. The van der Waals surface area contributed by atoms with E-state index in [0.29, 0.717) is 0 Å². The lowest BCUT2D eigenvalue weighted by molar-refractivity contribution is 0.477. The molecule has 0 spiro atoms. The number of nitrogens with two attached hydrogens (primary N) is 1. The molecule has 0 heterocycles. The molecule has 7 heteroatoms. The molecular weight excluding hydrogens is 283 g/mol. The van der Waals surface area contributed by atoms with Gasteiger partial charge in [0.25, 0.3) is 0 Å². The van der Waals surface area contributed by atoms with Gasteiger partial charge < -0.3 is 10.5 Å². The van der Waals surface area contributed by atoms with E-state index in [1.165, 1.54) is 43.4 Å². The lowest BCUT2D eigenvalue weighted by atomic mass is 10.3. The number of anilines is 1. The van der Waals surface area contributed by atoms with Gasteiger partial charge in [-0.1, -0.05) is 6.07 Å². The highest BCUT2D eigenvalue weighted by Gasteiger charge is 2.14. The molecule has 20 heavy (non-hydrogen) atoms. The van der Waals surface area contributed by atoms with Gasteiger partial charge in [-0.15, -0.1) is 0 Å². The van der Waals surface area contributed by atoms with Gasteiger partial charge in [-0.3, -0.25) is 0 Å². The smallest absolute Gasteiger partial charge is 0.240 e. The van der Waals surface area contributed by atoms with Crippen LogP contribution in [-0.4, -0.2) is 15.5 Å². The predicted octanol–water partition coefficient (Wildman–Crippen LogP) is 2.11. The average Bonchev–Trinajstić information content (AvgIpc) is 2.41. The monoisotopic (exact) mass is 296 g/mol. The maximum atomic E-state index is 13.1. The summed E-state index contributed by atoms with van der Waals surface area (Å²) in [4.78, 5) is 0.0144. The van der Waals surface area contributed by atoms with Crippen LogP contribution in [-0.2, 0) is 10.0 Å². The van der Waals surface area contributed by atoms with Gasteiger partial charge in [0.1, 0.15) is 11.6 Å². The van der Waals surface area contributed by atoms with Crippen LogP contribution in [0, 0.1) is 5.82 Å². The molecular formula is C13H13FN2O3S. The van der Waals surface area contributed by atoms with Crippen LogP contribution >= 0.6 is 0 Å². The van der Waals surface area contributed by atoms with Gasteiger partial charge in [-0.25, -0.2) is 17.5 Å². The first-order valence-corrected chi connectivity index (χ1v) is 7.17. The molecule has 2 aromatic rings. The number of sulfonamides is 1. The Morgan fingerprint density at radius 1 is 1.20 bits per heavy atom. The molecule has 0 atom stereocenters. The zero-order valence-electron chi connectivity index (χ0n) is 10.6. The molecule has 0 aliphatic heterocycles.